The highest BCUT2D eigenvalue weighted by Gasteiger charge is 2.35. The molecule has 0 aromatic heterocycles. The van der Waals surface area contributed by atoms with Crippen molar-refractivity contribution in [2.45, 2.75) is 18.8 Å². The second kappa shape index (κ2) is 6.91. The molecule has 0 unspecified atom stereocenters. The second-order valence-electron chi connectivity index (χ2n) is 5.88. The first kappa shape index (κ1) is 15.7. The largest absolute Gasteiger partial charge is 0.378 e. The molecule has 1 aromatic carbocycles. The Morgan fingerprint density at radius 3 is 2.26 bits per heavy atom. The van der Waals surface area contributed by atoms with Gasteiger partial charge in [0.2, 0.25) is 17.7 Å². The molecule has 23 heavy (non-hydrogen) atoms. The summed E-state index contributed by atoms with van der Waals surface area (Å²) in [6.45, 7) is 1.88. The highest BCUT2D eigenvalue weighted by atomic mass is 16.5. The minimum Gasteiger partial charge on any atom is -0.378 e. The predicted octanol–water partition coefficient (Wildman–Crippen LogP) is 0.778. The van der Waals surface area contributed by atoms with Gasteiger partial charge < -0.3 is 9.64 Å². The fourth-order valence-corrected chi connectivity index (χ4v) is 3.04. The van der Waals surface area contributed by atoms with Crippen molar-refractivity contribution in [1.29, 1.82) is 0 Å². The topological polar surface area (TPSA) is 66.9 Å². The Bertz CT molecular complexity index is 578. The van der Waals surface area contributed by atoms with Crippen molar-refractivity contribution in [3.8, 4) is 0 Å². The van der Waals surface area contributed by atoms with Crippen LogP contribution in [0.2, 0.25) is 0 Å². The van der Waals surface area contributed by atoms with Gasteiger partial charge in [0.05, 0.1) is 13.2 Å². The molecular formula is C17H20N2O4. The van der Waals surface area contributed by atoms with Crippen LogP contribution in [-0.2, 0) is 19.1 Å². The molecule has 0 radical (unpaired) electrons. The lowest BCUT2D eigenvalue weighted by molar-refractivity contribution is -0.154. The maximum absolute atomic E-state index is 12.3. The van der Waals surface area contributed by atoms with Gasteiger partial charge in [-0.1, -0.05) is 30.3 Å². The van der Waals surface area contributed by atoms with Gasteiger partial charge in [-0.25, -0.2) is 0 Å². The van der Waals surface area contributed by atoms with E-state index >= 15 is 0 Å². The summed E-state index contributed by atoms with van der Waals surface area (Å²) in [5.74, 6) is -0.812. The van der Waals surface area contributed by atoms with Gasteiger partial charge in [0.15, 0.2) is 0 Å². The van der Waals surface area contributed by atoms with Crippen LogP contribution in [-0.4, -0.2) is 60.4 Å². The molecule has 6 heteroatoms. The number of nitrogens with zero attached hydrogens (tertiary/aromatic N) is 2. The lowest BCUT2D eigenvalue weighted by Gasteiger charge is -2.32. The van der Waals surface area contributed by atoms with E-state index < -0.39 is 0 Å². The monoisotopic (exact) mass is 316 g/mol. The van der Waals surface area contributed by atoms with E-state index in [1.54, 1.807) is 4.90 Å². The molecule has 2 aliphatic rings. The van der Waals surface area contributed by atoms with Crippen molar-refractivity contribution < 1.29 is 19.1 Å². The normalized spacial score (nSPS) is 20.0. The standard InChI is InChI=1S/C17H20N2O4/c20-15-10-14(13-4-2-1-3-5-13)11-16(21)19(15)12-17(22)18-6-8-23-9-7-18/h1-5,14H,6-12H2. The van der Waals surface area contributed by atoms with Crippen LogP contribution in [0.25, 0.3) is 0 Å². The Kier molecular flexibility index (Phi) is 4.71. The quantitative estimate of drug-likeness (QED) is 0.773. The molecular weight excluding hydrogens is 296 g/mol. The van der Waals surface area contributed by atoms with Crippen LogP contribution in [0, 0.1) is 0 Å². The third-order valence-corrected chi connectivity index (χ3v) is 4.37. The first-order valence-electron chi connectivity index (χ1n) is 7.89. The number of benzene rings is 1. The Labute approximate surface area is 135 Å². The van der Waals surface area contributed by atoms with E-state index in [0.717, 1.165) is 10.5 Å². The maximum atomic E-state index is 12.3. The Balaban J connectivity index is 1.63. The number of rotatable bonds is 3. The van der Waals surface area contributed by atoms with Crippen LogP contribution >= 0.6 is 0 Å². The number of likely N-dealkylation sites (tertiary alicyclic amines) is 1. The molecule has 0 saturated carbocycles. The predicted molar refractivity (Wildman–Crippen MR) is 82.5 cm³/mol. The molecule has 2 saturated heterocycles. The molecule has 2 aliphatic heterocycles. The number of ether oxygens (including phenoxy) is 1. The highest BCUT2D eigenvalue weighted by molar-refractivity contribution is 6.01. The number of piperidine rings is 1. The first-order valence-corrected chi connectivity index (χ1v) is 7.89. The number of morpholine rings is 1. The zero-order valence-corrected chi connectivity index (χ0v) is 12.9. The molecule has 0 aliphatic carbocycles. The zero-order valence-electron chi connectivity index (χ0n) is 12.9. The number of hydrogen-bond donors (Lipinski definition) is 0. The van der Waals surface area contributed by atoms with Gasteiger partial charge in [0.1, 0.15) is 6.54 Å². The molecule has 2 heterocycles. The number of amides is 3. The molecule has 0 spiro atoms. The summed E-state index contributed by atoms with van der Waals surface area (Å²) in [7, 11) is 0. The third kappa shape index (κ3) is 3.59. The van der Waals surface area contributed by atoms with Gasteiger partial charge in [-0.2, -0.15) is 0 Å². The van der Waals surface area contributed by atoms with Gasteiger partial charge in [0.25, 0.3) is 0 Å². The fraction of sp³-hybridized carbons (Fsp3) is 0.471. The van der Waals surface area contributed by atoms with Crippen LogP contribution in [0.4, 0.5) is 0 Å². The van der Waals surface area contributed by atoms with Crippen molar-refractivity contribution in [3.63, 3.8) is 0 Å². The third-order valence-electron chi connectivity index (χ3n) is 4.37. The van der Waals surface area contributed by atoms with Crippen LogP contribution in [0.1, 0.15) is 24.3 Å². The van der Waals surface area contributed by atoms with Gasteiger partial charge in [-0.3, -0.25) is 19.3 Å². The summed E-state index contributed by atoms with van der Waals surface area (Å²) in [5, 5.41) is 0. The van der Waals surface area contributed by atoms with Crippen molar-refractivity contribution in [1.82, 2.24) is 9.80 Å². The fourth-order valence-electron chi connectivity index (χ4n) is 3.04. The smallest absolute Gasteiger partial charge is 0.242 e. The van der Waals surface area contributed by atoms with Crippen molar-refractivity contribution >= 4 is 17.7 Å². The van der Waals surface area contributed by atoms with Gasteiger partial charge in [0, 0.05) is 31.8 Å². The minimum absolute atomic E-state index is 0.0917. The Morgan fingerprint density at radius 1 is 1.04 bits per heavy atom. The van der Waals surface area contributed by atoms with Gasteiger partial charge in [-0.15, -0.1) is 0 Å². The summed E-state index contributed by atoms with van der Waals surface area (Å²) in [5.41, 5.74) is 0.994. The summed E-state index contributed by atoms with van der Waals surface area (Å²) >= 11 is 0. The molecule has 6 nitrogen and oxygen atoms in total. The number of carbonyl (C=O) groups is 3. The van der Waals surface area contributed by atoms with Crippen LogP contribution in [0.5, 0.6) is 0 Å². The molecule has 0 bridgehead atoms. The van der Waals surface area contributed by atoms with Crippen molar-refractivity contribution in [2.24, 2.45) is 0 Å². The summed E-state index contributed by atoms with van der Waals surface area (Å²) < 4.78 is 5.20. The lowest BCUT2D eigenvalue weighted by Crippen LogP contribution is -2.50. The Morgan fingerprint density at radius 2 is 1.65 bits per heavy atom. The van der Waals surface area contributed by atoms with Crippen LogP contribution in [0.15, 0.2) is 30.3 Å². The van der Waals surface area contributed by atoms with E-state index in [2.05, 4.69) is 0 Å². The van der Waals surface area contributed by atoms with Crippen LogP contribution < -0.4 is 0 Å². The summed E-state index contributed by atoms with van der Waals surface area (Å²) in [6, 6.07) is 9.57. The maximum Gasteiger partial charge on any atom is 0.242 e. The summed E-state index contributed by atoms with van der Waals surface area (Å²) in [6.07, 6.45) is 0.540. The highest BCUT2D eigenvalue weighted by Crippen LogP contribution is 2.29. The molecule has 2 fully saturated rings. The number of carbonyl (C=O) groups excluding carboxylic acids is 3. The van der Waals surface area contributed by atoms with Gasteiger partial charge >= 0.3 is 0 Å². The van der Waals surface area contributed by atoms with E-state index in [1.165, 1.54) is 0 Å². The van der Waals surface area contributed by atoms with Crippen molar-refractivity contribution in [2.75, 3.05) is 32.8 Å². The minimum atomic E-state index is -0.267. The van der Waals surface area contributed by atoms with Crippen molar-refractivity contribution in [3.05, 3.63) is 35.9 Å². The van der Waals surface area contributed by atoms with Crippen LogP contribution in [0.3, 0.4) is 0 Å². The number of hydrogen-bond acceptors (Lipinski definition) is 4. The molecule has 3 rings (SSSR count). The molecule has 1 aromatic rings. The Hall–Kier alpha value is -2.21. The average Bonchev–Trinajstić information content (AvgIpc) is 2.59. The van der Waals surface area contributed by atoms with E-state index in [1.807, 2.05) is 30.3 Å². The molecule has 0 N–H and O–H groups in total. The SMILES string of the molecule is O=C(CN1C(=O)CC(c2ccccc2)CC1=O)N1CCOCC1. The molecule has 0 atom stereocenters. The molecule has 122 valence electrons. The van der Waals surface area contributed by atoms with E-state index in [0.29, 0.717) is 26.3 Å². The second-order valence-corrected chi connectivity index (χ2v) is 5.88. The lowest BCUT2D eigenvalue weighted by atomic mass is 9.88. The van der Waals surface area contributed by atoms with E-state index in [4.69, 9.17) is 4.74 Å². The first-order chi connectivity index (χ1) is 11.1. The van der Waals surface area contributed by atoms with Gasteiger partial charge in [-0.05, 0) is 5.56 Å². The zero-order chi connectivity index (χ0) is 16.2. The number of imide groups is 1. The summed E-state index contributed by atoms with van der Waals surface area (Å²) in [4.78, 5) is 39.6. The van der Waals surface area contributed by atoms with E-state index in [-0.39, 0.29) is 43.0 Å². The van der Waals surface area contributed by atoms with E-state index in [9.17, 15) is 14.4 Å². The average molecular weight is 316 g/mol. The molecule has 3 amide bonds.